The van der Waals surface area contributed by atoms with Gasteiger partial charge < -0.3 is 11.1 Å². The number of aromatic nitrogens is 2. The summed E-state index contributed by atoms with van der Waals surface area (Å²) in [6.45, 7) is 4.67. The molecule has 0 aliphatic heterocycles. The van der Waals surface area contributed by atoms with Gasteiger partial charge in [-0.05, 0) is 43.7 Å². The molecule has 0 spiro atoms. The molecule has 3 aromatic rings. The van der Waals surface area contributed by atoms with E-state index in [1.165, 1.54) is 4.57 Å². The van der Waals surface area contributed by atoms with Crippen molar-refractivity contribution in [1.29, 1.82) is 0 Å². The highest BCUT2D eigenvalue weighted by molar-refractivity contribution is 5.92. The number of nitrogens with zero attached hydrogens (tertiary/aromatic N) is 3. The fraction of sp³-hybridized carbons (Fsp3) is 0.304. The number of carbonyl (C=O) groups is 2. The number of benzene rings is 2. The van der Waals surface area contributed by atoms with Crippen LogP contribution < -0.4 is 16.6 Å². The molecule has 0 saturated heterocycles. The van der Waals surface area contributed by atoms with Gasteiger partial charge in [0, 0.05) is 5.69 Å². The zero-order chi connectivity index (χ0) is 22.4. The highest BCUT2D eigenvalue weighted by atomic mass is 16.2. The molecule has 8 heteroatoms. The summed E-state index contributed by atoms with van der Waals surface area (Å²) in [5.74, 6) is -0.383. The minimum absolute atomic E-state index is 0.126. The molecule has 1 heterocycles. The lowest BCUT2D eigenvalue weighted by molar-refractivity contribution is -0.119. The van der Waals surface area contributed by atoms with Crippen molar-refractivity contribution in [3.05, 3.63) is 70.3 Å². The Morgan fingerprint density at radius 3 is 2.55 bits per heavy atom. The van der Waals surface area contributed by atoms with E-state index < -0.39 is 5.91 Å². The van der Waals surface area contributed by atoms with Gasteiger partial charge >= 0.3 is 0 Å². The Balaban J connectivity index is 1.87. The monoisotopic (exact) mass is 421 g/mol. The largest absolute Gasteiger partial charge is 0.368 e. The van der Waals surface area contributed by atoms with Gasteiger partial charge in [0.15, 0.2) is 0 Å². The quantitative estimate of drug-likeness (QED) is 0.549. The molecule has 162 valence electrons. The first-order chi connectivity index (χ1) is 14.9. The molecule has 0 bridgehead atoms. The van der Waals surface area contributed by atoms with E-state index in [-0.39, 0.29) is 31.1 Å². The Labute approximate surface area is 180 Å². The fourth-order valence-electron chi connectivity index (χ4n) is 3.49. The van der Waals surface area contributed by atoms with Crippen molar-refractivity contribution in [2.45, 2.75) is 33.4 Å². The van der Waals surface area contributed by atoms with E-state index in [1.54, 1.807) is 24.3 Å². The van der Waals surface area contributed by atoms with Gasteiger partial charge in [0.25, 0.3) is 5.56 Å². The third-order valence-corrected chi connectivity index (χ3v) is 4.95. The highest BCUT2D eigenvalue weighted by Crippen LogP contribution is 2.14. The molecule has 31 heavy (non-hydrogen) atoms. The second kappa shape index (κ2) is 9.99. The third-order valence-electron chi connectivity index (χ3n) is 4.95. The van der Waals surface area contributed by atoms with Crippen LogP contribution in [0.4, 0.5) is 5.69 Å². The standard InChI is InChI=1S/C23H27N5O3/c1-3-12-27(15-22(30)26-18-10-6-4-8-16(18)2)14-21-25-19-11-7-5-9-17(19)23(31)28(21)13-20(24)29/h4-11H,3,12-15H2,1-2H3,(H2,24,29)(H,26,30). The van der Waals surface area contributed by atoms with E-state index in [0.29, 0.717) is 23.3 Å². The molecule has 0 saturated carbocycles. The normalized spacial score (nSPS) is 11.1. The molecule has 0 radical (unpaired) electrons. The Kier molecular flexibility index (Phi) is 7.15. The number of hydrogen-bond donors (Lipinski definition) is 2. The van der Waals surface area contributed by atoms with Crippen LogP contribution in [0.3, 0.4) is 0 Å². The Bertz CT molecular complexity index is 1160. The molecule has 2 amide bonds. The number of rotatable bonds is 9. The van der Waals surface area contributed by atoms with Crippen molar-refractivity contribution in [2.75, 3.05) is 18.4 Å². The summed E-state index contributed by atoms with van der Waals surface area (Å²) in [6.07, 6.45) is 0.811. The Morgan fingerprint density at radius 1 is 1.13 bits per heavy atom. The zero-order valence-electron chi connectivity index (χ0n) is 17.8. The van der Waals surface area contributed by atoms with Crippen LogP contribution in [0.25, 0.3) is 10.9 Å². The SMILES string of the molecule is CCCN(CC(=O)Nc1ccccc1C)Cc1nc2ccccc2c(=O)n1CC(N)=O. The number of aryl methyl sites for hydroxylation is 1. The summed E-state index contributed by atoms with van der Waals surface area (Å²) >= 11 is 0. The summed E-state index contributed by atoms with van der Waals surface area (Å²) < 4.78 is 1.30. The van der Waals surface area contributed by atoms with E-state index in [9.17, 15) is 14.4 Å². The predicted octanol–water partition coefficient (Wildman–Crippen LogP) is 2.04. The van der Waals surface area contributed by atoms with E-state index >= 15 is 0 Å². The number of hydrogen-bond acceptors (Lipinski definition) is 5. The van der Waals surface area contributed by atoms with Crippen LogP contribution in [0.2, 0.25) is 0 Å². The van der Waals surface area contributed by atoms with Crippen LogP contribution in [0.5, 0.6) is 0 Å². The molecule has 1 aromatic heterocycles. The second-order valence-corrected chi connectivity index (χ2v) is 7.48. The average molecular weight is 422 g/mol. The maximum absolute atomic E-state index is 12.9. The summed E-state index contributed by atoms with van der Waals surface area (Å²) in [4.78, 5) is 43.7. The van der Waals surface area contributed by atoms with Gasteiger partial charge in [0.2, 0.25) is 11.8 Å². The van der Waals surface area contributed by atoms with Gasteiger partial charge in [0.05, 0.1) is 24.0 Å². The first kappa shape index (κ1) is 22.2. The number of fused-ring (bicyclic) bond motifs is 1. The van der Waals surface area contributed by atoms with Crippen molar-refractivity contribution < 1.29 is 9.59 Å². The number of primary amides is 1. The lowest BCUT2D eigenvalue weighted by atomic mass is 10.2. The van der Waals surface area contributed by atoms with Crippen LogP contribution in [0.15, 0.2) is 53.3 Å². The predicted molar refractivity (Wildman–Crippen MR) is 121 cm³/mol. The summed E-state index contributed by atoms with van der Waals surface area (Å²) in [5, 5.41) is 3.35. The summed E-state index contributed by atoms with van der Waals surface area (Å²) in [6, 6.07) is 14.5. The number of para-hydroxylation sites is 2. The summed E-state index contributed by atoms with van der Waals surface area (Å²) in [5.41, 5.74) is 7.34. The van der Waals surface area contributed by atoms with Gasteiger partial charge in [-0.25, -0.2) is 4.98 Å². The van der Waals surface area contributed by atoms with Crippen molar-refractivity contribution in [3.8, 4) is 0 Å². The van der Waals surface area contributed by atoms with Crippen molar-refractivity contribution >= 4 is 28.4 Å². The smallest absolute Gasteiger partial charge is 0.261 e. The van der Waals surface area contributed by atoms with Crippen LogP contribution >= 0.6 is 0 Å². The fourth-order valence-corrected chi connectivity index (χ4v) is 3.49. The Hall–Kier alpha value is -3.52. The van der Waals surface area contributed by atoms with Crippen molar-refractivity contribution in [2.24, 2.45) is 5.73 Å². The molecule has 3 rings (SSSR count). The minimum atomic E-state index is -0.625. The molecule has 0 aliphatic rings. The molecule has 0 fully saturated rings. The van der Waals surface area contributed by atoms with E-state index in [4.69, 9.17) is 5.73 Å². The molecular formula is C23H27N5O3. The van der Waals surface area contributed by atoms with Crippen LogP contribution in [-0.2, 0) is 22.7 Å². The lowest BCUT2D eigenvalue weighted by Crippen LogP contribution is -2.38. The number of nitrogens with one attached hydrogen (secondary N) is 1. The highest BCUT2D eigenvalue weighted by Gasteiger charge is 2.18. The molecular weight excluding hydrogens is 394 g/mol. The van der Waals surface area contributed by atoms with Crippen molar-refractivity contribution in [3.63, 3.8) is 0 Å². The van der Waals surface area contributed by atoms with Crippen LogP contribution in [0.1, 0.15) is 24.7 Å². The van der Waals surface area contributed by atoms with Crippen LogP contribution in [-0.4, -0.2) is 39.4 Å². The summed E-state index contributed by atoms with van der Waals surface area (Å²) in [7, 11) is 0. The van der Waals surface area contributed by atoms with E-state index in [0.717, 1.165) is 17.7 Å². The average Bonchev–Trinajstić information content (AvgIpc) is 2.72. The number of carbonyl (C=O) groups excluding carboxylic acids is 2. The minimum Gasteiger partial charge on any atom is -0.368 e. The van der Waals surface area contributed by atoms with Gasteiger partial charge in [-0.2, -0.15) is 0 Å². The topological polar surface area (TPSA) is 110 Å². The molecule has 0 aliphatic carbocycles. The van der Waals surface area contributed by atoms with E-state index in [2.05, 4.69) is 10.3 Å². The first-order valence-electron chi connectivity index (χ1n) is 10.2. The lowest BCUT2D eigenvalue weighted by Gasteiger charge is -2.23. The number of amides is 2. The maximum Gasteiger partial charge on any atom is 0.261 e. The molecule has 8 nitrogen and oxygen atoms in total. The number of anilines is 1. The maximum atomic E-state index is 12.9. The van der Waals surface area contributed by atoms with Gasteiger partial charge in [-0.3, -0.25) is 23.9 Å². The van der Waals surface area contributed by atoms with Gasteiger partial charge in [0.1, 0.15) is 12.4 Å². The number of nitrogens with two attached hydrogens (primary N) is 1. The molecule has 0 atom stereocenters. The Morgan fingerprint density at radius 2 is 1.84 bits per heavy atom. The van der Waals surface area contributed by atoms with E-state index in [1.807, 2.05) is 43.0 Å². The first-order valence-corrected chi connectivity index (χ1v) is 10.2. The van der Waals surface area contributed by atoms with Gasteiger partial charge in [-0.1, -0.05) is 37.3 Å². The van der Waals surface area contributed by atoms with Gasteiger partial charge in [-0.15, -0.1) is 0 Å². The molecule has 0 unspecified atom stereocenters. The third kappa shape index (κ3) is 5.55. The van der Waals surface area contributed by atoms with Crippen molar-refractivity contribution in [1.82, 2.24) is 14.5 Å². The molecule has 3 N–H and O–H groups in total. The van der Waals surface area contributed by atoms with Crippen LogP contribution in [0, 0.1) is 6.92 Å². The second-order valence-electron chi connectivity index (χ2n) is 7.48. The zero-order valence-corrected chi connectivity index (χ0v) is 17.8. The molecule has 2 aromatic carbocycles.